The Labute approximate surface area is 309 Å². The van der Waals surface area contributed by atoms with Crippen molar-refractivity contribution in [1.29, 1.82) is 0 Å². The number of hydrogen-bond donors (Lipinski definition) is 0. The van der Waals surface area contributed by atoms with E-state index < -0.39 is 126 Å². The average Bonchev–Trinajstić information content (AvgIpc) is 3.89. The van der Waals surface area contributed by atoms with Crippen LogP contribution in [0.3, 0.4) is 0 Å². The fraction of sp³-hybridized carbons (Fsp3) is 0.0213. The van der Waals surface area contributed by atoms with Crippen molar-refractivity contribution >= 4 is 49.8 Å². The molecule has 0 radical (unpaired) electrons. The molecule has 2 heteroatoms. The Morgan fingerprint density at radius 3 is 2.08 bits per heavy atom. The Balaban J connectivity index is 1.25. The second-order valence-electron chi connectivity index (χ2n) is 11.6. The summed E-state index contributed by atoms with van der Waals surface area (Å²) in [5.74, 6) is -1.68. The van der Waals surface area contributed by atoms with Crippen LogP contribution in [0, 0.1) is 0 Å². The summed E-state index contributed by atoms with van der Waals surface area (Å²) in [6.07, 6.45) is 0. The summed E-state index contributed by atoms with van der Waals surface area (Å²) in [6, 6.07) is 12.0. The summed E-state index contributed by atoms with van der Waals surface area (Å²) in [6.45, 7) is 0. The van der Waals surface area contributed by atoms with Crippen molar-refractivity contribution < 1.29 is 27.7 Å². The molecule has 0 saturated carbocycles. The monoisotopic (exact) mass is 642 g/mol. The van der Waals surface area contributed by atoms with E-state index in [9.17, 15) is 4.11 Å². The van der Waals surface area contributed by atoms with E-state index in [1.165, 1.54) is 0 Å². The zero-order chi connectivity index (χ0) is 47.1. The molecule has 0 aliphatic heterocycles. The van der Waals surface area contributed by atoms with Crippen molar-refractivity contribution in [3.05, 3.63) is 198 Å². The number of fused-ring (bicyclic) bond motifs is 8. The van der Waals surface area contributed by atoms with Gasteiger partial charge in [0.1, 0.15) is 11.2 Å². The van der Waals surface area contributed by atoms with Gasteiger partial charge in [0.05, 0.1) is 23.3 Å². The second-order valence-corrected chi connectivity index (χ2v) is 11.6. The molecule has 1 aliphatic rings. The quantitative estimate of drug-likeness (QED) is 0.186. The van der Waals surface area contributed by atoms with Crippen molar-refractivity contribution in [2.75, 3.05) is 4.90 Å². The molecule has 1 unspecified atom stereocenters. The van der Waals surface area contributed by atoms with Gasteiger partial charge in [0, 0.05) is 33.8 Å². The van der Waals surface area contributed by atoms with Gasteiger partial charge >= 0.3 is 0 Å². The SMILES string of the molecule is [2H]c1c([2H])c([2H])c(C2c3c([2H])c([2H])c([2H])c([2H])c3-c3c([2H])c([2H])c(N(c4ccc(-c5ccc6ccc7oc8ccccc8c7c6c5)cc4)c4c([2H])c([2H])c([2H])c([2H])c4[2H])c([2H])c32)c([2H])c1[2H]. The van der Waals surface area contributed by atoms with Gasteiger partial charge in [-0.2, -0.15) is 0 Å². The number of rotatable bonds is 5. The molecular weight excluding hydrogens is 595 g/mol. The zero-order valence-corrected chi connectivity index (χ0v) is 25.4. The van der Waals surface area contributed by atoms with E-state index in [1.54, 1.807) is 24.3 Å². The maximum Gasteiger partial charge on any atom is 0.136 e. The first kappa shape index (κ1) is 15.7. The molecule has 49 heavy (non-hydrogen) atoms. The van der Waals surface area contributed by atoms with Crippen LogP contribution in [0.15, 0.2) is 186 Å². The molecule has 0 saturated heterocycles. The number of anilines is 3. The molecule has 1 heterocycles. The smallest absolute Gasteiger partial charge is 0.136 e. The minimum absolute atomic E-state index is 0.0850. The predicted octanol–water partition coefficient (Wildman–Crippen LogP) is 13.0. The van der Waals surface area contributed by atoms with Crippen LogP contribution in [-0.2, 0) is 0 Å². The Morgan fingerprint density at radius 2 is 1.22 bits per heavy atom. The lowest BCUT2D eigenvalue weighted by Crippen LogP contribution is -2.10. The lowest BCUT2D eigenvalue weighted by atomic mass is 9.89. The summed E-state index contributed by atoms with van der Waals surface area (Å²) in [5, 5.41) is 3.76. The molecule has 8 aromatic carbocycles. The highest BCUT2D eigenvalue weighted by molar-refractivity contribution is 6.19. The van der Waals surface area contributed by atoms with E-state index >= 15 is 0 Å². The Hall–Kier alpha value is -6.38. The predicted molar refractivity (Wildman–Crippen MR) is 204 cm³/mol. The molecule has 0 fully saturated rings. The van der Waals surface area contributed by atoms with Gasteiger partial charge in [-0.15, -0.1) is 0 Å². The first-order chi connectivity index (χ1) is 31.4. The van der Waals surface area contributed by atoms with Crippen LogP contribution in [0.5, 0.6) is 0 Å². The molecule has 1 aliphatic carbocycles. The zero-order valence-electron chi connectivity index (χ0n) is 42.4. The van der Waals surface area contributed by atoms with Crippen LogP contribution in [0.1, 0.15) is 45.9 Å². The second kappa shape index (κ2) is 11.1. The van der Waals surface area contributed by atoms with Crippen molar-refractivity contribution in [3.63, 3.8) is 0 Å². The topological polar surface area (TPSA) is 16.4 Å². The van der Waals surface area contributed by atoms with Crippen molar-refractivity contribution in [3.8, 4) is 22.3 Å². The van der Waals surface area contributed by atoms with Gasteiger partial charge in [0.15, 0.2) is 0 Å². The van der Waals surface area contributed by atoms with Crippen LogP contribution >= 0.6 is 0 Å². The maximum atomic E-state index is 9.97. The average molecular weight is 643 g/mol. The molecule has 9 aromatic rings. The van der Waals surface area contributed by atoms with Gasteiger partial charge in [0.25, 0.3) is 0 Å². The number of hydrogen-bond acceptors (Lipinski definition) is 2. The fourth-order valence-corrected chi connectivity index (χ4v) is 6.76. The molecule has 10 rings (SSSR count). The Morgan fingerprint density at radius 1 is 0.510 bits per heavy atom. The van der Waals surface area contributed by atoms with E-state index in [4.69, 9.17) is 23.6 Å². The van der Waals surface area contributed by atoms with Gasteiger partial charge < -0.3 is 9.32 Å². The van der Waals surface area contributed by atoms with Gasteiger partial charge in [-0.25, -0.2) is 0 Å². The number of furan rings is 1. The third-order valence-electron chi connectivity index (χ3n) is 8.93. The first-order valence-electron chi connectivity index (χ1n) is 24.0. The van der Waals surface area contributed by atoms with Crippen molar-refractivity contribution in [2.45, 2.75) is 5.92 Å². The van der Waals surface area contributed by atoms with E-state index in [0.717, 1.165) is 37.6 Å². The van der Waals surface area contributed by atoms with Crippen LogP contribution in [-0.4, -0.2) is 0 Å². The standard InChI is InChI=1S/C47H31NO/c1-3-11-33(12-4-1)46-40-16-8-7-15-38(40)39-27-26-37(30-43(39)46)48(35-13-5-2-6-14-35)36-24-21-31(22-25-36)34-20-19-32-23-28-45-47(42(32)29-34)41-17-9-10-18-44(41)49-45/h1-30,46H/i1D,2D,3D,4D,5D,6D,7D,8D,11D,12D,13D,14D,15D,16D,26D,27D,30D. The van der Waals surface area contributed by atoms with E-state index in [-0.39, 0.29) is 27.9 Å². The number of nitrogens with zero attached hydrogens (tertiary/aromatic N) is 1. The molecule has 1 aromatic heterocycles. The van der Waals surface area contributed by atoms with Crippen LogP contribution in [0.4, 0.5) is 17.1 Å². The summed E-state index contributed by atoms with van der Waals surface area (Å²) in [7, 11) is 0. The van der Waals surface area contributed by atoms with Crippen LogP contribution in [0.2, 0.25) is 0 Å². The largest absolute Gasteiger partial charge is 0.456 e. The third-order valence-corrected chi connectivity index (χ3v) is 8.93. The van der Waals surface area contributed by atoms with Gasteiger partial charge in [0.2, 0.25) is 0 Å². The molecule has 230 valence electrons. The lowest BCUT2D eigenvalue weighted by molar-refractivity contribution is 0.669. The minimum Gasteiger partial charge on any atom is -0.456 e. The van der Waals surface area contributed by atoms with Gasteiger partial charge in [-0.05, 0) is 104 Å². The Bertz CT molecular complexity index is 3580. The van der Waals surface area contributed by atoms with Crippen molar-refractivity contribution in [1.82, 2.24) is 0 Å². The van der Waals surface area contributed by atoms with Crippen LogP contribution < -0.4 is 4.90 Å². The van der Waals surface area contributed by atoms with Gasteiger partial charge in [-0.3, -0.25) is 0 Å². The van der Waals surface area contributed by atoms with Crippen molar-refractivity contribution in [2.24, 2.45) is 0 Å². The molecule has 0 bridgehead atoms. The minimum atomic E-state index is -1.68. The molecular formula is C47H31NO. The van der Waals surface area contributed by atoms with Gasteiger partial charge in [-0.1, -0.05) is 127 Å². The number of para-hydroxylation sites is 2. The summed E-state index contributed by atoms with van der Waals surface area (Å²) < 4.78 is 157. The summed E-state index contributed by atoms with van der Waals surface area (Å²) >= 11 is 0. The molecule has 0 amide bonds. The molecule has 0 N–H and O–H groups in total. The highest BCUT2D eigenvalue weighted by Gasteiger charge is 2.30. The van der Waals surface area contributed by atoms with E-state index in [0.29, 0.717) is 11.1 Å². The highest BCUT2D eigenvalue weighted by Crippen LogP contribution is 2.50. The maximum absolute atomic E-state index is 9.97. The normalized spacial score (nSPS) is 18.4. The van der Waals surface area contributed by atoms with Crippen LogP contribution in [0.25, 0.3) is 55.0 Å². The molecule has 1 atom stereocenters. The lowest BCUT2D eigenvalue weighted by Gasteiger charge is -2.27. The Kier molecular flexibility index (Phi) is 3.55. The highest BCUT2D eigenvalue weighted by atomic mass is 16.3. The fourth-order valence-electron chi connectivity index (χ4n) is 6.76. The summed E-state index contributed by atoms with van der Waals surface area (Å²) in [5.41, 5.74) is 0.407. The molecule has 2 nitrogen and oxygen atoms in total. The first-order valence-corrected chi connectivity index (χ1v) is 15.5. The van der Waals surface area contributed by atoms with E-state index in [2.05, 4.69) is 0 Å². The summed E-state index contributed by atoms with van der Waals surface area (Å²) in [4.78, 5) is 1.09. The third kappa shape index (κ3) is 4.49. The molecule has 0 spiro atoms. The van der Waals surface area contributed by atoms with E-state index in [1.807, 2.05) is 54.6 Å². The number of benzene rings is 8.